The highest BCUT2D eigenvalue weighted by Crippen LogP contribution is 2.14. The Kier molecular flexibility index (Phi) is 5.20. The molecular weight excluding hydrogens is 362 g/mol. The second-order valence-electron chi connectivity index (χ2n) is 6.88. The Morgan fingerprint density at radius 2 is 1.69 bits per heavy atom. The van der Waals surface area contributed by atoms with Gasteiger partial charge in [0.05, 0.1) is 17.1 Å². The van der Waals surface area contributed by atoms with Crippen molar-refractivity contribution in [1.82, 2.24) is 9.66 Å². The predicted molar refractivity (Wildman–Crippen MR) is 116 cm³/mol. The topological polar surface area (TPSA) is 56.5 Å². The van der Waals surface area contributed by atoms with Gasteiger partial charge in [0.15, 0.2) is 0 Å². The van der Waals surface area contributed by atoms with Crippen LogP contribution < -0.4 is 10.3 Å². The molecule has 0 unspecified atom stereocenters. The molecule has 4 rings (SSSR count). The minimum absolute atomic E-state index is 0.178. The van der Waals surface area contributed by atoms with Crippen molar-refractivity contribution < 1.29 is 4.74 Å². The van der Waals surface area contributed by atoms with Crippen molar-refractivity contribution in [2.75, 3.05) is 0 Å². The maximum Gasteiger partial charge on any atom is 0.282 e. The molecule has 0 amide bonds. The van der Waals surface area contributed by atoms with Crippen LogP contribution in [0.2, 0.25) is 0 Å². The molecule has 0 spiro atoms. The highest BCUT2D eigenvalue weighted by molar-refractivity contribution is 5.80. The first kappa shape index (κ1) is 18.6. The van der Waals surface area contributed by atoms with Gasteiger partial charge in [0, 0.05) is 0 Å². The molecule has 29 heavy (non-hydrogen) atoms. The van der Waals surface area contributed by atoms with E-state index in [1.165, 1.54) is 10.2 Å². The summed E-state index contributed by atoms with van der Waals surface area (Å²) < 4.78 is 7.15. The van der Waals surface area contributed by atoms with E-state index in [0.717, 1.165) is 16.9 Å². The maximum atomic E-state index is 12.7. The zero-order valence-electron chi connectivity index (χ0n) is 16.4. The second kappa shape index (κ2) is 8.10. The van der Waals surface area contributed by atoms with Crippen LogP contribution in [0.15, 0.2) is 82.7 Å². The lowest BCUT2D eigenvalue weighted by molar-refractivity contribution is 0.306. The molecule has 0 aliphatic rings. The Morgan fingerprint density at radius 3 is 2.45 bits per heavy atom. The van der Waals surface area contributed by atoms with Crippen LogP contribution >= 0.6 is 0 Å². The van der Waals surface area contributed by atoms with Crippen LogP contribution in [0, 0.1) is 13.8 Å². The van der Waals surface area contributed by atoms with Crippen molar-refractivity contribution in [3.05, 3.63) is 106 Å². The van der Waals surface area contributed by atoms with E-state index in [-0.39, 0.29) is 5.56 Å². The van der Waals surface area contributed by atoms with Crippen LogP contribution in [0.1, 0.15) is 22.5 Å². The lowest BCUT2D eigenvalue weighted by Crippen LogP contribution is -2.20. The summed E-state index contributed by atoms with van der Waals surface area (Å²) >= 11 is 0. The van der Waals surface area contributed by atoms with Gasteiger partial charge in [-0.05, 0) is 61.4 Å². The van der Waals surface area contributed by atoms with Crippen LogP contribution in [0.5, 0.6) is 5.75 Å². The van der Waals surface area contributed by atoms with Crippen molar-refractivity contribution in [2.24, 2.45) is 5.10 Å². The van der Waals surface area contributed by atoms with Crippen LogP contribution in [0.3, 0.4) is 0 Å². The number of aryl methyl sites for hydroxylation is 2. The Morgan fingerprint density at radius 1 is 0.966 bits per heavy atom. The summed E-state index contributed by atoms with van der Waals surface area (Å²) in [7, 11) is 0. The first-order valence-corrected chi connectivity index (χ1v) is 9.41. The molecule has 0 aliphatic carbocycles. The Hall–Kier alpha value is -3.73. The zero-order chi connectivity index (χ0) is 20.2. The minimum atomic E-state index is -0.178. The van der Waals surface area contributed by atoms with Crippen molar-refractivity contribution >= 4 is 17.1 Å². The van der Waals surface area contributed by atoms with E-state index >= 15 is 0 Å². The molecule has 0 saturated heterocycles. The fourth-order valence-electron chi connectivity index (χ4n) is 3.00. The Balaban J connectivity index is 1.49. The third-order valence-electron chi connectivity index (χ3n) is 4.64. The lowest BCUT2D eigenvalue weighted by atomic mass is 10.2. The normalized spacial score (nSPS) is 11.2. The number of hydrogen-bond donors (Lipinski definition) is 0. The van der Waals surface area contributed by atoms with E-state index in [1.807, 2.05) is 42.5 Å². The van der Waals surface area contributed by atoms with Gasteiger partial charge in [0.25, 0.3) is 5.56 Å². The van der Waals surface area contributed by atoms with Crippen molar-refractivity contribution in [2.45, 2.75) is 20.5 Å². The number of fused-ring (bicyclic) bond motifs is 1. The maximum absolute atomic E-state index is 12.7. The molecule has 4 aromatic rings. The lowest BCUT2D eigenvalue weighted by Gasteiger charge is -2.07. The molecule has 0 saturated carbocycles. The van der Waals surface area contributed by atoms with E-state index in [9.17, 15) is 4.79 Å². The van der Waals surface area contributed by atoms with Crippen molar-refractivity contribution in [3.8, 4) is 5.75 Å². The Labute approximate surface area is 168 Å². The average Bonchev–Trinajstić information content (AvgIpc) is 2.74. The molecule has 144 valence electrons. The number of rotatable bonds is 5. The van der Waals surface area contributed by atoms with Crippen molar-refractivity contribution in [3.63, 3.8) is 0 Å². The predicted octanol–water partition coefficient (Wildman–Crippen LogP) is 4.47. The fraction of sp³-hybridized carbons (Fsp3) is 0.125. The average molecular weight is 383 g/mol. The standard InChI is InChI=1S/C24H21N3O2/c1-17-7-9-20(10-8-17)16-29-21-13-11-19(12-14-21)15-25-27-18(2)26-23-6-4-3-5-22(23)24(27)28/h3-15H,16H2,1-2H3. The molecular formula is C24H21N3O2. The molecule has 5 nitrogen and oxygen atoms in total. The van der Waals surface area contributed by atoms with Crippen LogP contribution in [0.4, 0.5) is 0 Å². The third-order valence-corrected chi connectivity index (χ3v) is 4.64. The smallest absolute Gasteiger partial charge is 0.282 e. The third kappa shape index (κ3) is 4.24. The largest absolute Gasteiger partial charge is 0.489 e. The van der Waals surface area contributed by atoms with Crippen molar-refractivity contribution in [1.29, 1.82) is 0 Å². The summed E-state index contributed by atoms with van der Waals surface area (Å²) in [5, 5.41) is 4.88. The van der Waals surface area contributed by atoms with Gasteiger partial charge < -0.3 is 4.74 Å². The van der Waals surface area contributed by atoms with Gasteiger partial charge in [-0.2, -0.15) is 9.78 Å². The molecule has 0 N–H and O–H groups in total. The van der Waals surface area contributed by atoms with Gasteiger partial charge in [-0.15, -0.1) is 0 Å². The highest BCUT2D eigenvalue weighted by atomic mass is 16.5. The molecule has 0 aliphatic heterocycles. The summed E-state index contributed by atoms with van der Waals surface area (Å²) in [5.74, 6) is 1.33. The molecule has 5 heteroatoms. The van der Waals surface area contributed by atoms with Crippen LogP contribution in [0.25, 0.3) is 10.9 Å². The number of nitrogens with zero attached hydrogens (tertiary/aromatic N) is 3. The number of benzene rings is 3. The molecule has 1 aromatic heterocycles. The Bertz CT molecular complexity index is 1220. The summed E-state index contributed by atoms with van der Waals surface area (Å²) in [6.45, 7) is 4.35. The van der Waals surface area contributed by atoms with E-state index < -0.39 is 0 Å². The van der Waals surface area contributed by atoms with Gasteiger partial charge in [-0.1, -0.05) is 42.0 Å². The molecule has 0 fully saturated rings. The van der Waals surface area contributed by atoms with E-state index in [2.05, 4.69) is 41.3 Å². The highest BCUT2D eigenvalue weighted by Gasteiger charge is 2.06. The van der Waals surface area contributed by atoms with E-state index in [1.54, 1.807) is 19.2 Å². The molecule has 0 bridgehead atoms. The van der Waals surface area contributed by atoms with Gasteiger partial charge >= 0.3 is 0 Å². The first-order valence-electron chi connectivity index (χ1n) is 9.41. The molecule has 0 atom stereocenters. The molecule has 3 aromatic carbocycles. The van der Waals surface area contributed by atoms with E-state index in [4.69, 9.17) is 4.74 Å². The number of aromatic nitrogens is 2. The molecule has 1 heterocycles. The SMILES string of the molecule is Cc1ccc(COc2ccc(C=Nn3c(C)nc4ccccc4c3=O)cc2)cc1. The monoisotopic (exact) mass is 383 g/mol. The first-order chi connectivity index (χ1) is 14.1. The number of hydrogen-bond acceptors (Lipinski definition) is 4. The van der Waals surface area contributed by atoms with Crippen LogP contribution in [-0.2, 0) is 6.61 Å². The van der Waals surface area contributed by atoms with Gasteiger partial charge in [0.1, 0.15) is 18.2 Å². The summed E-state index contributed by atoms with van der Waals surface area (Å²) in [4.78, 5) is 17.1. The number of para-hydroxylation sites is 1. The summed E-state index contributed by atoms with van der Waals surface area (Å²) in [5.41, 5.74) is 3.72. The van der Waals surface area contributed by atoms with Gasteiger partial charge in [-0.3, -0.25) is 4.79 Å². The minimum Gasteiger partial charge on any atom is -0.489 e. The quantitative estimate of drug-likeness (QED) is 0.478. The summed E-state index contributed by atoms with van der Waals surface area (Å²) in [6.07, 6.45) is 1.65. The summed E-state index contributed by atoms with van der Waals surface area (Å²) in [6, 6.07) is 23.1. The zero-order valence-corrected chi connectivity index (χ0v) is 16.4. The van der Waals surface area contributed by atoms with Crippen LogP contribution in [-0.4, -0.2) is 15.9 Å². The molecule has 0 radical (unpaired) electrons. The number of ether oxygens (including phenoxy) is 1. The van der Waals surface area contributed by atoms with Gasteiger partial charge in [-0.25, -0.2) is 4.98 Å². The second-order valence-corrected chi connectivity index (χ2v) is 6.88. The van der Waals surface area contributed by atoms with Gasteiger partial charge in [0.2, 0.25) is 0 Å². The fourth-order valence-corrected chi connectivity index (χ4v) is 3.00. The van der Waals surface area contributed by atoms with E-state index in [0.29, 0.717) is 23.3 Å².